The van der Waals surface area contributed by atoms with E-state index in [4.69, 9.17) is 4.74 Å². The molecule has 1 atom stereocenters. The first-order valence-electron chi connectivity index (χ1n) is 8.43. The van der Waals surface area contributed by atoms with Crippen molar-refractivity contribution < 1.29 is 14.6 Å². The summed E-state index contributed by atoms with van der Waals surface area (Å²) in [6.07, 6.45) is 3.08. The predicted molar refractivity (Wildman–Crippen MR) is 90.9 cm³/mol. The van der Waals surface area contributed by atoms with Gasteiger partial charge in [0.25, 0.3) is 5.91 Å². The van der Waals surface area contributed by atoms with Crippen LogP contribution in [0.2, 0.25) is 0 Å². The maximum absolute atomic E-state index is 12.7. The summed E-state index contributed by atoms with van der Waals surface area (Å²) in [5, 5.41) is 16.4. The summed E-state index contributed by atoms with van der Waals surface area (Å²) in [5.74, 6) is 0.161. The molecular weight excluding hydrogens is 306 g/mol. The number of nitrogens with one attached hydrogen (secondary N) is 1. The Labute approximate surface area is 141 Å². The van der Waals surface area contributed by atoms with Crippen LogP contribution in [0.3, 0.4) is 0 Å². The molecule has 1 aromatic carbocycles. The number of aromatic amines is 1. The van der Waals surface area contributed by atoms with Gasteiger partial charge in [-0.3, -0.25) is 9.89 Å². The molecule has 1 aliphatic rings. The Bertz CT molecular complexity index is 681. The molecule has 0 unspecified atom stereocenters. The number of likely N-dealkylation sites (tertiary alicyclic amines) is 1. The van der Waals surface area contributed by atoms with E-state index in [0.717, 1.165) is 38.0 Å². The van der Waals surface area contributed by atoms with Gasteiger partial charge in [0.05, 0.1) is 11.8 Å². The lowest BCUT2D eigenvalue weighted by molar-refractivity contribution is 0.00192. The lowest BCUT2D eigenvalue weighted by atomic mass is 10.1. The normalized spacial score (nSPS) is 17.9. The zero-order valence-corrected chi connectivity index (χ0v) is 13.9. The van der Waals surface area contributed by atoms with Gasteiger partial charge in [0, 0.05) is 25.3 Å². The molecule has 2 heterocycles. The Balaban J connectivity index is 1.68. The van der Waals surface area contributed by atoms with Crippen molar-refractivity contribution in [1.82, 2.24) is 15.1 Å². The molecule has 6 heteroatoms. The molecule has 128 valence electrons. The van der Waals surface area contributed by atoms with Crippen molar-refractivity contribution in [3.63, 3.8) is 0 Å². The van der Waals surface area contributed by atoms with Crippen molar-refractivity contribution in [2.24, 2.45) is 0 Å². The van der Waals surface area contributed by atoms with Crippen LogP contribution in [-0.2, 0) is 4.74 Å². The van der Waals surface area contributed by atoms with E-state index in [1.807, 2.05) is 4.90 Å². The fourth-order valence-electron chi connectivity index (χ4n) is 2.92. The van der Waals surface area contributed by atoms with Gasteiger partial charge in [-0.2, -0.15) is 5.10 Å². The third kappa shape index (κ3) is 3.76. The molecule has 3 rings (SSSR count). The fourth-order valence-corrected chi connectivity index (χ4v) is 2.92. The number of carbonyl (C=O) groups excluding carboxylic acids is 1. The minimum absolute atomic E-state index is 0.0441. The van der Waals surface area contributed by atoms with Crippen LogP contribution in [0.4, 0.5) is 0 Å². The third-order valence-corrected chi connectivity index (χ3v) is 4.19. The molecule has 0 spiro atoms. The Hall–Kier alpha value is -2.34. The highest BCUT2D eigenvalue weighted by Gasteiger charge is 2.26. The van der Waals surface area contributed by atoms with Gasteiger partial charge in [0.15, 0.2) is 0 Å². The molecule has 0 radical (unpaired) electrons. The van der Waals surface area contributed by atoms with Crippen LogP contribution in [0.5, 0.6) is 5.75 Å². The molecule has 2 N–H and O–H groups in total. The summed E-state index contributed by atoms with van der Waals surface area (Å²) < 4.78 is 5.79. The van der Waals surface area contributed by atoms with Gasteiger partial charge in [0.2, 0.25) is 0 Å². The van der Waals surface area contributed by atoms with Crippen molar-refractivity contribution in [2.45, 2.75) is 32.3 Å². The summed E-state index contributed by atoms with van der Waals surface area (Å²) >= 11 is 0. The maximum Gasteiger partial charge on any atom is 0.271 e. The molecule has 1 amide bonds. The van der Waals surface area contributed by atoms with Gasteiger partial charge in [-0.25, -0.2) is 0 Å². The first-order valence-corrected chi connectivity index (χ1v) is 8.43. The third-order valence-electron chi connectivity index (χ3n) is 4.19. The quantitative estimate of drug-likeness (QED) is 0.884. The van der Waals surface area contributed by atoms with Crippen LogP contribution in [0.15, 0.2) is 30.3 Å². The van der Waals surface area contributed by atoms with Crippen molar-refractivity contribution in [3.05, 3.63) is 36.0 Å². The number of nitrogens with zero attached hydrogens (tertiary/aromatic N) is 2. The zero-order chi connectivity index (χ0) is 16.9. The molecule has 24 heavy (non-hydrogen) atoms. The molecule has 1 aliphatic heterocycles. The monoisotopic (exact) mass is 329 g/mol. The average molecular weight is 329 g/mol. The molecule has 0 aliphatic carbocycles. The van der Waals surface area contributed by atoms with Crippen LogP contribution in [-0.4, -0.2) is 51.9 Å². The van der Waals surface area contributed by atoms with Crippen LogP contribution in [0, 0.1) is 0 Å². The van der Waals surface area contributed by atoms with Crippen molar-refractivity contribution in [2.75, 3.05) is 19.7 Å². The maximum atomic E-state index is 12.7. The van der Waals surface area contributed by atoms with E-state index in [2.05, 4.69) is 17.1 Å². The Morgan fingerprint density at radius 1 is 1.42 bits per heavy atom. The van der Waals surface area contributed by atoms with E-state index >= 15 is 0 Å². The van der Waals surface area contributed by atoms with Gasteiger partial charge in [-0.1, -0.05) is 6.92 Å². The highest BCUT2D eigenvalue weighted by molar-refractivity contribution is 5.93. The standard InChI is InChI=1S/C18H23N3O3/c1-2-10-24-15-4-3-9-21(12-15)18(23)17-11-16(19-20-17)13-5-7-14(22)8-6-13/h5-8,11,15,22H,2-4,9-10,12H2,1H3,(H,19,20)/t15-/m1/s1. The number of aromatic hydroxyl groups is 1. The van der Waals surface area contributed by atoms with E-state index in [0.29, 0.717) is 17.9 Å². The summed E-state index contributed by atoms with van der Waals surface area (Å²) in [7, 11) is 0. The van der Waals surface area contributed by atoms with E-state index < -0.39 is 0 Å². The van der Waals surface area contributed by atoms with Crippen LogP contribution in [0.1, 0.15) is 36.7 Å². The first kappa shape index (κ1) is 16.5. The van der Waals surface area contributed by atoms with E-state index in [1.54, 1.807) is 30.3 Å². The SMILES string of the molecule is CCCO[C@@H]1CCCN(C(=O)c2cc(-c3ccc(O)cc3)n[nH]2)C1. The van der Waals surface area contributed by atoms with Crippen molar-refractivity contribution in [3.8, 4) is 17.0 Å². The molecule has 1 aromatic heterocycles. The topological polar surface area (TPSA) is 78.4 Å². The van der Waals surface area contributed by atoms with E-state index in [9.17, 15) is 9.90 Å². The van der Waals surface area contributed by atoms with Crippen LogP contribution < -0.4 is 0 Å². The number of benzene rings is 1. The Kier molecular flexibility index (Phi) is 5.15. The van der Waals surface area contributed by atoms with Gasteiger partial charge in [0.1, 0.15) is 11.4 Å². The second kappa shape index (κ2) is 7.49. The molecule has 1 fully saturated rings. The highest BCUT2D eigenvalue weighted by atomic mass is 16.5. The second-order valence-corrected chi connectivity index (χ2v) is 6.10. The molecule has 2 aromatic rings. The van der Waals surface area contributed by atoms with E-state index in [-0.39, 0.29) is 17.8 Å². The number of ether oxygens (including phenoxy) is 1. The number of phenols is 1. The van der Waals surface area contributed by atoms with E-state index in [1.165, 1.54) is 0 Å². The van der Waals surface area contributed by atoms with Crippen molar-refractivity contribution in [1.29, 1.82) is 0 Å². The zero-order valence-electron chi connectivity index (χ0n) is 13.9. The lowest BCUT2D eigenvalue weighted by Crippen LogP contribution is -2.43. The van der Waals surface area contributed by atoms with Crippen LogP contribution in [0.25, 0.3) is 11.3 Å². The van der Waals surface area contributed by atoms with Crippen LogP contribution >= 0.6 is 0 Å². The smallest absolute Gasteiger partial charge is 0.271 e. The van der Waals surface area contributed by atoms with Gasteiger partial charge in [-0.15, -0.1) is 0 Å². The number of H-pyrrole nitrogens is 1. The van der Waals surface area contributed by atoms with Gasteiger partial charge in [-0.05, 0) is 49.6 Å². The number of phenolic OH excluding ortho intramolecular Hbond substituents is 1. The largest absolute Gasteiger partial charge is 0.508 e. The minimum Gasteiger partial charge on any atom is -0.508 e. The molecule has 1 saturated heterocycles. The second-order valence-electron chi connectivity index (χ2n) is 6.10. The number of carbonyl (C=O) groups is 1. The summed E-state index contributed by atoms with van der Waals surface area (Å²) in [6, 6.07) is 8.51. The fraction of sp³-hybridized carbons (Fsp3) is 0.444. The highest BCUT2D eigenvalue weighted by Crippen LogP contribution is 2.22. The number of amides is 1. The molecule has 0 saturated carbocycles. The molecular formula is C18H23N3O3. The predicted octanol–water partition coefficient (Wildman–Crippen LogP) is 2.81. The number of hydrogen-bond donors (Lipinski definition) is 2. The summed E-state index contributed by atoms with van der Waals surface area (Å²) in [6.45, 7) is 4.20. The number of rotatable bonds is 5. The summed E-state index contributed by atoms with van der Waals surface area (Å²) in [5.41, 5.74) is 2.02. The lowest BCUT2D eigenvalue weighted by Gasteiger charge is -2.32. The average Bonchev–Trinajstić information content (AvgIpc) is 3.10. The Morgan fingerprint density at radius 2 is 2.21 bits per heavy atom. The van der Waals surface area contributed by atoms with Gasteiger partial charge >= 0.3 is 0 Å². The number of hydrogen-bond acceptors (Lipinski definition) is 4. The number of piperidine rings is 1. The molecule has 6 nitrogen and oxygen atoms in total. The molecule has 0 bridgehead atoms. The first-order chi connectivity index (χ1) is 11.7. The Morgan fingerprint density at radius 3 is 2.96 bits per heavy atom. The minimum atomic E-state index is -0.0441. The summed E-state index contributed by atoms with van der Waals surface area (Å²) in [4.78, 5) is 14.5. The van der Waals surface area contributed by atoms with Crippen molar-refractivity contribution >= 4 is 5.91 Å². The van der Waals surface area contributed by atoms with Gasteiger partial charge < -0.3 is 14.7 Å². The number of aromatic nitrogens is 2.